The van der Waals surface area contributed by atoms with Gasteiger partial charge in [-0.15, -0.1) is 0 Å². The molecule has 0 amide bonds. The maximum absolute atomic E-state index is 13.0. The second-order valence-electron chi connectivity index (χ2n) is 10.2. The number of rotatable bonds is 4. The summed E-state index contributed by atoms with van der Waals surface area (Å²) in [5, 5.41) is 3.23. The highest BCUT2D eigenvalue weighted by Crippen LogP contribution is 2.46. The third kappa shape index (κ3) is 4.76. The minimum absolute atomic E-state index is 0.144. The van der Waals surface area contributed by atoms with E-state index in [2.05, 4.69) is 30.7 Å². The lowest BCUT2D eigenvalue weighted by Gasteiger charge is -2.40. The molecule has 1 saturated carbocycles. The zero-order valence-electron chi connectivity index (χ0n) is 20.1. The summed E-state index contributed by atoms with van der Waals surface area (Å²) < 4.78 is 46.1. The number of anilines is 2. The molecule has 1 aliphatic rings. The predicted molar refractivity (Wildman–Crippen MR) is 126 cm³/mol. The third-order valence-electron chi connectivity index (χ3n) is 6.64. The number of methoxy groups -OCH3 is 1. The fourth-order valence-corrected chi connectivity index (χ4v) is 5.40. The van der Waals surface area contributed by atoms with Crippen LogP contribution in [0.25, 0.3) is 11.0 Å². The molecule has 182 valence electrons. The summed E-state index contributed by atoms with van der Waals surface area (Å²) in [6.45, 7) is 8.63. The molecule has 0 aliphatic heterocycles. The largest absolute Gasteiger partial charge is 0.465 e. The van der Waals surface area contributed by atoms with Crippen molar-refractivity contribution in [1.82, 2.24) is 9.55 Å². The Morgan fingerprint density at radius 2 is 1.85 bits per heavy atom. The molecular formula is C26H30F3N3O2. The topological polar surface area (TPSA) is 56.1 Å². The molecule has 2 unspecified atom stereocenters. The van der Waals surface area contributed by atoms with Crippen LogP contribution in [0.3, 0.4) is 0 Å². The van der Waals surface area contributed by atoms with Gasteiger partial charge in [0, 0.05) is 11.7 Å². The molecule has 1 aliphatic carbocycles. The Morgan fingerprint density at radius 1 is 1.18 bits per heavy atom. The number of ether oxygens (including phenoxy) is 1. The number of aromatic nitrogens is 2. The fourth-order valence-electron chi connectivity index (χ4n) is 5.40. The molecule has 5 nitrogen and oxygen atoms in total. The lowest BCUT2D eigenvalue weighted by atomic mass is 9.70. The monoisotopic (exact) mass is 473 g/mol. The van der Waals surface area contributed by atoms with Gasteiger partial charge in [-0.1, -0.05) is 20.8 Å². The molecule has 1 aromatic heterocycles. The first-order chi connectivity index (χ1) is 15.9. The summed E-state index contributed by atoms with van der Waals surface area (Å²) in [7, 11) is 1.34. The number of hydrogen-bond donors (Lipinski definition) is 1. The fraction of sp³-hybridized carbons (Fsp3) is 0.462. The average molecular weight is 474 g/mol. The van der Waals surface area contributed by atoms with E-state index in [0.717, 1.165) is 42.5 Å². The zero-order chi connectivity index (χ0) is 24.8. The lowest BCUT2D eigenvalue weighted by Crippen LogP contribution is -2.29. The molecule has 0 bridgehead atoms. The number of aryl methyl sites for hydroxylation is 1. The van der Waals surface area contributed by atoms with E-state index in [4.69, 9.17) is 9.72 Å². The van der Waals surface area contributed by atoms with E-state index in [0.29, 0.717) is 28.6 Å². The van der Waals surface area contributed by atoms with Crippen molar-refractivity contribution in [2.24, 2.45) is 11.3 Å². The van der Waals surface area contributed by atoms with Crippen molar-refractivity contribution in [2.45, 2.75) is 59.2 Å². The summed E-state index contributed by atoms with van der Waals surface area (Å²) in [6.07, 6.45) is -1.35. The number of nitrogens with one attached hydrogen (secondary N) is 1. The Kier molecular flexibility index (Phi) is 6.12. The SMILES string of the molecule is COC(=O)c1cc2nc(Nc3ccc(C(F)(F)F)cc3)n(C3CC(C)CC(C)(C)C3)c2cc1C. The Morgan fingerprint density at radius 3 is 2.44 bits per heavy atom. The van der Waals surface area contributed by atoms with Crippen LogP contribution >= 0.6 is 0 Å². The van der Waals surface area contributed by atoms with Gasteiger partial charge in [0.05, 0.1) is 29.3 Å². The summed E-state index contributed by atoms with van der Waals surface area (Å²) in [6, 6.07) is 8.75. The van der Waals surface area contributed by atoms with Crippen LogP contribution in [0, 0.1) is 18.3 Å². The van der Waals surface area contributed by atoms with Gasteiger partial charge in [0.1, 0.15) is 0 Å². The highest BCUT2D eigenvalue weighted by molar-refractivity contribution is 5.96. The molecule has 1 fully saturated rings. The summed E-state index contributed by atoms with van der Waals surface area (Å²) in [5.74, 6) is 0.630. The van der Waals surface area contributed by atoms with Crippen LogP contribution in [0.5, 0.6) is 0 Å². The molecule has 1 heterocycles. The standard InChI is InChI=1S/C26H30F3N3O2/c1-15-10-19(14-25(3,4)13-15)32-22-11-16(2)20(23(33)34-5)12-21(22)31-24(32)30-18-8-6-17(7-9-18)26(27,28)29/h6-9,11-12,15,19H,10,13-14H2,1-5H3,(H,30,31). The first kappa shape index (κ1) is 24.1. The Bertz CT molecular complexity index is 1210. The number of imidazole rings is 1. The Balaban J connectivity index is 1.82. The number of carbonyl (C=O) groups is 1. The Labute approximate surface area is 197 Å². The van der Waals surface area contributed by atoms with Gasteiger partial charge in [-0.3, -0.25) is 0 Å². The van der Waals surface area contributed by atoms with E-state index in [1.807, 2.05) is 13.0 Å². The summed E-state index contributed by atoms with van der Waals surface area (Å²) >= 11 is 0. The minimum Gasteiger partial charge on any atom is -0.465 e. The Hall–Kier alpha value is -3.03. The van der Waals surface area contributed by atoms with Crippen LogP contribution in [-0.2, 0) is 10.9 Å². The molecule has 2 aromatic carbocycles. The van der Waals surface area contributed by atoms with Gasteiger partial charge < -0.3 is 14.6 Å². The van der Waals surface area contributed by atoms with Crippen LogP contribution in [0.15, 0.2) is 36.4 Å². The highest BCUT2D eigenvalue weighted by atomic mass is 19.4. The quantitative estimate of drug-likeness (QED) is 0.405. The molecule has 2 atom stereocenters. The number of alkyl halides is 3. The van der Waals surface area contributed by atoms with Crippen molar-refractivity contribution < 1.29 is 22.7 Å². The van der Waals surface area contributed by atoms with E-state index < -0.39 is 17.7 Å². The van der Waals surface area contributed by atoms with E-state index >= 15 is 0 Å². The predicted octanol–water partition coefficient (Wildman–Crippen LogP) is 7.28. The smallest absolute Gasteiger partial charge is 0.416 e. The number of benzene rings is 2. The second kappa shape index (κ2) is 8.64. The zero-order valence-corrected chi connectivity index (χ0v) is 20.1. The number of fused-ring (bicyclic) bond motifs is 1. The molecule has 8 heteroatoms. The van der Waals surface area contributed by atoms with Gasteiger partial charge in [-0.05, 0) is 79.5 Å². The van der Waals surface area contributed by atoms with E-state index in [1.165, 1.54) is 19.2 Å². The van der Waals surface area contributed by atoms with Gasteiger partial charge in [0.2, 0.25) is 5.95 Å². The van der Waals surface area contributed by atoms with Crippen molar-refractivity contribution >= 4 is 28.6 Å². The van der Waals surface area contributed by atoms with E-state index in [9.17, 15) is 18.0 Å². The van der Waals surface area contributed by atoms with Gasteiger partial charge in [0.25, 0.3) is 0 Å². The van der Waals surface area contributed by atoms with Gasteiger partial charge in [-0.25, -0.2) is 9.78 Å². The number of carbonyl (C=O) groups excluding carboxylic acids is 1. The molecule has 0 radical (unpaired) electrons. The van der Waals surface area contributed by atoms with Crippen LogP contribution in [0.1, 0.15) is 67.6 Å². The van der Waals surface area contributed by atoms with Crippen molar-refractivity contribution in [3.05, 3.63) is 53.1 Å². The molecule has 1 N–H and O–H groups in total. The third-order valence-corrected chi connectivity index (χ3v) is 6.64. The average Bonchev–Trinajstić information content (AvgIpc) is 3.07. The number of halogens is 3. The number of hydrogen-bond acceptors (Lipinski definition) is 4. The van der Waals surface area contributed by atoms with Gasteiger partial charge in [0.15, 0.2) is 0 Å². The van der Waals surface area contributed by atoms with Gasteiger partial charge >= 0.3 is 12.1 Å². The molecule has 34 heavy (non-hydrogen) atoms. The maximum Gasteiger partial charge on any atom is 0.416 e. The number of esters is 1. The molecular weight excluding hydrogens is 443 g/mol. The lowest BCUT2D eigenvalue weighted by molar-refractivity contribution is -0.137. The van der Waals surface area contributed by atoms with Crippen LogP contribution < -0.4 is 5.32 Å². The normalized spacial score (nSPS) is 20.4. The van der Waals surface area contributed by atoms with E-state index in [1.54, 1.807) is 6.07 Å². The van der Waals surface area contributed by atoms with Crippen LogP contribution in [0.4, 0.5) is 24.8 Å². The van der Waals surface area contributed by atoms with Crippen LogP contribution in [0.2, 0.25) is 0 Å². The molecule has 0 spiro atoms. The van der Waals surface area contributed by atoms with Crippen molar-refractivity contribution in [3.8, 4) is 0 Å². The molecule has 0 saturated heterocycles. The second-order valence-corrected chi connectivity index (χ2v) is 10.2. The van der Waals surface area contributed by atoms with Crippen LogP contribution in [-0.4, -0.2) is 22.6 Å². The van der Waals surface area contributed by atoms with Crippen molar-refractivity contribution in [3.63, 3.8) is 0 Å². The molecule has 4 rings (SSSR count). The molecule has 3 aromatic rings. The number of nitrogens with zero attached hydrogens (tertiary/aromatic N) is 2. The van der Waals surface area contributed by atoms with Gasteiger partial charge in [-0.2, -0.15) is 13.2 Å². The summed E-state index contributed by atoms with van der Waals surface area (Å²) in [4.78, 5) is 17.0. The van der Waals surface area contributed by atoms with E-state index in [-0.39, 0.29) is 11.5 Å². The minimum atomic E-state index is -4.39. The maximum atomic E-state index is 13.0. The van der Waals surface area contributed by atoms with Crippen molar-refractivity contribution in [2.75, 3.05) is 12.4 Å². The first-order valence-electron chi connectivity index (χ1n) is 11.4. The van der Waals surface area contributed by atoms with Crippen molar-refractivity contribution in [1.29, 1.82) is 0 Å². The highest BCUT2D eigenvalue weighted by Gasteiger charge is 2.35. The first-order valence-corrected chi connectivity index (χ1v) is 11.4. The summed E-state index contributed by atoms with van der Waals surface area (Å²) in [5.41, 5.74) is 2.70.